The number of nitro groups is 1. The number of nitrogens with one attached hydrogen (secondary N) is 2. The molecule has 0 unspecified atom stereocenters. The highest BCUT2D eigenvalue weighted by atomic mass is 16.6. The first-order valence-corrected chi connectivity index (χ1v) is 9.48. The average Bonchev–Trinajstić information content (AvgIpc) is 3.26. The molecule has 154 valence electrons. The van der Waals surface area contributed by atoms with Crippen LogP contribution in [0.15, 0.2) is 88.4 Å². The Labute approximate surface area is 177 Å². The fraction of sp³-hybridized carbons (Fsp3) is 0.0435. The van der Waals surface area contributed by atoms with Crippen LogP contribution in [-0.4, -0.2) is 23.6 Å². The molecule has 4 aromatic rings. The van der Waals surface area contributed by atoms with Gasteiger partial charge >= 0.3 is 0 Å². The topological polar surface area (TPSA) is 110 Å². The van der Waals surface area contributed by atoms with Gasteiger partial charge in [-0.15, -0.1) is 0 Å². The Balaban J connectivity index is 1.32. The lowest BCUT2D eigenvalue weighted by molar-refractivity contribution is -0.384. The van der Waals surface area contributed by atoms with Crippen LogP contribution < -0.4 is 10.7 Å². The molecule has 3 aromatic carbocycles. The summed E-state index contributed by atoms with van der Waals surface area (Å²) in [5.41, 5.74) is 4.04. The Hall–Kier alpha value is -4.46. The molecule has 0 aliphatic carbocycles. The molecule has 8 nitrogen and oxygen atoms in total. The number of furan rings is 1. The van der Waals surface area contributed by atoms with E-state index in [0.29, 0.717) is 17.1 Å². The summed E-state index contributed by atoms with van der Waals surface area (Å²) in [6, 6.07) is 23.3. The number of fused-ring (bicyclic) bond motifs is 1. The maximum Gasteiger partial charge on any atom is 0.269 e. The van der Waals surface area contributed by atoms with Gasteiger partial charge in [-0.3, -0.25) is 14.9 Å². The van der Waals surface area contributed by atoms with Crippen molar-refractivity contribution in [2.75, 3.05) is 11.9 Å². The summed E-state index contributed by atoms with van der Waals surface area (Å²) in [5, 5.41) is 19.9. The third-order valence-corrected chi connectivity index (χ3v) is 4.60. The minimum absolute atomic E-state index is 0.0110. The van der Waals surface area contributed by atoms with E-state index >= 15 is 0 Å². The second kappa shape index (κ2) is 8.91. The fourth-order valence-corrected chi connectivity index (χ4v) is 3.09. The number of benzene rings is 3. The van der Waals surface area contributed by atoms with Crippen LogP contribution in [0.4, 0.5) is 11.4 Å². The van der Waals surface area contributed by atoms with E-state index in [2.05, 4.69) is 15.8 Å². The number of hydrogen-bond donors (Lipinski definition) is 2. The first kappa shape index (κ1) is 19.8. The number of nitro benzene ring substituents is 1. The third-order valence-electron chi connectivity index (χ3n) is 4.60. The molecular formula is C23H18N4O4. The fourth-order valence-electron chi connectivity index (χ4n) is 3.09. The Morgan fingerprint density at radius 1 is 1.00 bits per heavy atom. The summed E-state index contributed by atoms with van der Waals surface area (Å²) in [5.74, 6) is 0.683. The SMILES string of the molecule is O=C(CNc1cccc2ccccc12)N/N=C\c1ccc(-c2ccc([N+](=O)[O-])cc2)o1. The molecule has 8 heteroatoms. The van der Waals surface area contributed by atoms with Crippen molar-refractivity contribution in [3.05, 3.63) is 94.7 Å². The minimum Gasteiger partial charge on any atom is -0.455 e. The van der Waals surface area contributed by atoms with E-state index in [1.165, 1.54) is 18.3 Å². The van der Waals surface area contributed by atoms with Gasteiger partial charge in [0.25, 0.3) is 11.6 Å². The lowest BCUT2D eigenvalue weighted by atomic mass is 10.1. The van der Waals surface area contributed by atoms with Gasteiger partial charge in [0.15, 0.2) is 0 Å². The van der Waals surface area contributed by atoms with Crippen LogP contribution in [0.25, 0.3) is 22.1 Å². The van der Waals surface area contributed by atoms with E-state index in [0.717, 1.165) is 16.5 Å². The maximum absolute atomic E-state index is 12.1. The van der Waals surface area contributed by atoms with Crippen molar-refractivity contribution in [3.8, 4) is 11.3 Å². The molecule has 0 atom stereocenters. The highest BCUT2D eigenvalue weighted by Gasteiger charge is 2.08. The number of amides is 1. The number of carbonyl (C=O) groups excluding carboxylic acids is 1. The predicted octanol–water partition coefficient (Wildman–Crippen LogP) is 4.57. The molecule has 0 fully saturated rings. The summed E-state index contributed by atoms with van der Waals surface area (Å²) < 4.78 is 5.64. The number of nitrogens with zero attached hydrogens (tertiary/aromatic N) is 2. The average molecular weight is 414 g/mol. The van der Waals surface area contributed by atoms with Gasteiger partial charge in [-0.25, -0.2) is 5.43 Å². The molecule has 4 rings (SSSR count). The quantitative estimate of drug-likeness (QED) is 0.261. The van der Waals surface area contributed by atoms with E-state index in [1.807, 2.05) is 42.5 Å². The number of non-ortho nitro benzene ring substituents is 1. The lowest BCUT2D eigenvalue weighted by Crippen LogP contribution is -2.25. The summed E-state index contributed by atoms with van der Waals surface area (Å²) in [6.07, 6.45) is 1.39. The van der Waals surface area contributed by atoms with E-state index in [4.69, 9.17) is 4.42 Å². The second-order valence-corrected chi connectivity index (χ2v) is 6.68. The maximum atomic E-state index is 12.1. The highest BCUT2D eigenvalue weighted by molar-refractivity contribution is 5.95. The molecule has 0 aliphatic heterocycles. The van der Waals surface area contributed by atoms with Gasteiger partial charge in [0.1, 0.15) is 11.5 Å². The molecule has 0 aliphatic rings. The highest BCUT2D eigenvalue weighted by Crippen LogP contribution is 2.24. The molecule has 0 saturated carbocycles. The molecule has 2 N–H and O–H groups in total. The lowest BCUT2D eigenvalue weighted by Gasteiger charge is -2.08. The summed E-state index contributed by atoms with van der Waals surface area (Å²) >= 11 is 0. The van der Waals surface area contributed by atoms with Gasteiger partial charge in [0, 0.05) is 28.8 Å². The van der Waals surface area contributed by atoms with Crippen LogP contribution in [0.1, 0.15) is 5.76 Å². The molecule has 31 heavy (non-hydrogen) atoms. The van der Waals surface area contributed by atoms with E-state index < -0.39 is 4.92 Å². The van der Waals surface area contributed by atoms with Crippen LogP contribution in [0.3, 0.4) is 0 Å². The Morgan fingerprint density at radius 3 is 2.58 bits per heavy atom. The number of carbonyl (C=O) groups is 1. The summed E-state index contributed by atoms with van der Waals surface area (Å²) in [4.78, 5) is 22.4. The summed E-state index contributed by atoms with van der Waals surface area (Å²) in [7, 11) is 0. The Kier molecular flexibility index (Phi) is 5.70. The molecule has 0 bridgehead atoms. The normalized spacial score (nSPS) is 11.0. The van der Waals surface area contributed by atoms with Crippen LogP contribution >= 0.6 is 0 Å². The molecule has 1 aromatic heterocycles. The van der Waals surface area contributed by atoms with Crippen molar-refractivity contribution in [1.29, 1.82) is 0 Å². The van der Waals surface area contributed by atoms with Crippen LogP contribution in [0.2, 0.25) is 0 Å². The molecular weight excluding hydrogens is 396 g/mol. The van der Waals surface area contributed by atoms with Crippen molar-refractivity contribution >= 4 is 34.3 Å². The second-order valence-electron chi connectivity index (χ2n) is 6.68. The van der Waals surface area contributed by atoms with E-state index in [-0.39, 0.29) is 18.1 Å². The monoisotopic (exact) mass is 414 g/mol. The van der Waals surface area contributed by atoms with Gasteiger partial charge in [-0.2, -0.15) is 5.10 Å². The molecule has 0 radical (unpaired) electrons. The largest absolute Gasteiger partial charge is 0.455 e. The first-order chi connectivity index (χ1) is 15.1. The smallest absolute Gasteiger partial charge is 0.269 e. The van der Waals surface area contributed by atoms with Crippen molar-refractivity contribution in [1.82, 2.24) is 5.43 Å². The van der Waals surface area contributed by atoms with Crippen LogP contribution in [0, 0.1) is 10.1 Å². The molecule has 1 heterocycles. The van der Waals surface area contributed by atoms with Crippen molar-refractivity contribution in [3.63, 3.8) is 0 Å². The van der Waals surface area contributed by atoms with Gasteiger partial charge in [0.05, 0.1) is 17.7 Å². The summed E-state index contributed by atoms with van der Waals surface area (Å²) in [6.45, 7) is 0.0670. The van der Waals surface area contributed by atoms with E-state index in [9.17, 15) is 14.9 Å². The molecule has 0 saturated heterocycles. The Morgan fingerprint density at radius 2 is 1.77 bits per heavy atom. The zero-order valence-corrected chi connectivity index (χ0v) is 16.3. The van der Waals surface area contributed by atoms with Crippen molar-refractivity contribution < 1.29 is 14.1 Å². The standard InChI is InChI=1S/C23H18N4O4/c28-23(15-24-21-7-3-5-16-4-1-2-6-20(16)21)26-25-14-19-12-13-22(31-19)17-8-10-18(11-9-17)27(29)30/h1-14,24H,15H2,(H,26,28)/b25-14-. The van der Waals surface area contributed by atoms with Crippen LogP contribution in [0.5, 0.6) is 0 Å². The van der Waals surface area contributed by atoms with Crippen molar-refractivity contribution in [2.24, 2.45) is 5.10 Å². The number of hydrazone groups is 1. The number of hydrogen-bond acceptors (Lipinski definition) is 6. The van der Waals surface area contributed by atoms with Gasteiger partial charge in [0.2, 0.25) is 0 Å². The molecule has 1 amide bonds. The minimum atomic E-state index is -0.457. The molecule has 0 spiro atoms. The van der Waals surface area contributed by atoms with Crippen LogP contribution in [-0.2, 0) is 4.79 Å². The van der Waals surface area contributed by atoms with Gasteiger partial charge < -0.3 is 9.73 Å². The van der Waals surface area contributed by atoms with Gasteiger partial charge in [-0.05, 0) is 35.7 Å². The predicted molar refractivity (Wildman–Crippen MR) is 119 cm³/mol. The third kappa shape index (κ3) is 4.76. The zero-order chi connectivity index (χ0) is 21.6. The number of rotatable bonds is 7. The van der Waals surface area contributed by atoms with Crippen molar-refractivity contribution in [2.45, 2.75) is 0 Å². The van der Waals surface area contributed by atoms with Gasteiger partial charge in [-0.1, -0.05) is 36.4 Å². The Bertz CT molecular complexity index is 1260. The number of anilines is 1. The first-order valence-electron chi connectivity index (χ1n) is 9.48. The van der Waals surface area contributed by atoms with E-state index in [1.54, 1.807) is 24.3 Å². The zero-order valence-electron chi connectivity index (χ0n) is 16.3.